The predicted molar refractivity (Wildman–Crippen MR) is 211 cm³/mol. The number of allylic oxidation sites excluding steroid dienone is 1. The number of thioether (sulfide) groups is 1. The Bertz CT molecular complexity index is 2030. The summed E-state index contributed by atoms with van der Waals surface area (Å²) in [7, 11) is 1.80. The van der Waals surface area contributed by atoms with Gasteiger partial charge in [0.1, 0.15) is 18.4 Å². The van der Waals surface area contributed by atoms with Gasteiger partial charge in [0.25, 0.3) is 11.8 Å². The van der Waals surface area contributed by atoms with E-state index in [4.69, 9.17) is 4.74 Å². The molecule has 4 aromatic rings. The SMILES string of the molecule is CCC(=C(c1ccccc1)c1ccc(OCCN(C)C(=O)CCCCCSc2cccc3c2C(=O)N(C2CCC(=O)NC2=O)C3=O)cc1)c1ccccc1. The van der Waals surface area contributed by atoms with Gasteiger partial charge in [-0.15, -0.1) is 11.8 Å². The van der Waals surface area contributed by atoms with E-state index >= 15 is 0 Å². The van der Waals surface area contributed by atoms with E-state index in [1.165, 1.54) is 34.0 Å². The van der Waals surface area contributed by atoms with Gasteiger partial charge in [0, 0.05) is 24.8 Å². The number of piperidine rings is 1. The van der Waals surface area contributed by atoms with Crippen molar-refractivity contribution in [1.29, 1.82) is 0 Å². The van der Waals surface area contributed by atoms with Gasteiger partial charge in [0.2, 0.25) is 17.7 Å². The molecule has 2 heterocycles. The van der Waals surface area contributed by atoms with Gasteiger partial charge in [0.15, 0.2) is 0 Å². The zero-order chi connectivity index (χ0) is 38.0. The maximum atomic E-state index is 13.3. The third-order valence-corrected chi connectivity index (χ3v) is 11.0. The quantitative estimate of drug-likeness (QED) is 0.0543. The van der Waals surface area contributed by atoms with Crippen LogP contribution < -0.4 is 10.1 Å². The summed E-state index contributed by atoms with van der Waals surface area (Å²) in [6, 6.07) is 33.3. The number of likely N-dealkylation sites (N-methyl/N-ethyl adjacent to an activating group) is 1. The van der Waals surface area contributed by atoms with Crippen LogP contribution in [0.3, 0.4) is 0 Å². The lowest BCUT2D eigenvalue weighted by atomic mass is 9.88. The minimum absolute atomic E-state index is 0.0609. The highest BCUT2D eigenvalue weighted by Crippen LogP contribution is 2.36. The predicted octanol–water partition coefficient (Wildman–Crippen LogP) is 7.65. The number of nitrogens with zero attached hydrogens (tertiary/aromatic N) is 2. The maximum Gasteiger partial charge on any atom is 0.263 e. The Kier molecular flexibility index (Phi) is 12.8. The summed E-state index contributed by atoms with van der Waals surface area (Å²) in [6.45, 7) is 3.04. The van der Waals surface area contributed by atoms with Crippen LogP contribution in [0.15, 0.2) is 108 Å². The number of ether oxygens (including phenoxy) is 1. The first-order chi connectivity index (χ1) is 26.3. The molecule has 0 aromatic heterocycles. The average Bonchev–Trinajstić information content (AvgIpc) is 3.45. The molecular formula is C44H45N3O6S. The molecule has 2 aliphatic heterocycles. The number of fused-ring (bicyclic) bond motifs is 1. The highest BCUT2D eigenvalue weighted by atomic mass is 32.2. The van der Waals surface area contributed by atoms with Gasteiger partial charge in [-0.25, -0.2) is 0 Å². The van der Waals surface area contributed by atoms with Gasteiger partial charge in [0.05, 0.1) is 17.7 Å². The summed E-state index contributed by atoms with van der Waals surface area (Å²) in [5, 5.41) is 2.23. The monoisotopic (exact) mass is 743 g/mol. The molecule has 0 spiro atoms. The summed E-state index contributed by atoms with van der Waals surface area (Å²) in [5.74, 6) is -0.508. The van der Waals surface area contributed by atoms with Crippen LogP contribution in [0.1, 0.15) is 89.3 Å². The van der Waals surface area contributed by atoms with Gasteiger partial charge in [-0.3, -0.25) is 34.2 Å². The summed E-state index contributed by atoms with van der Waals surface area (Å²) in [4.78, 5) is 66.6. The van der Waals surface area contributed by atoms with Crippen LogP contribution >= 0.6 is 11.8 Å². The first kappa shape index (κ1) is 38.3. The molecule has 2 aliphatic rings. The molecule has 0 saturated carbocycles. The van der Waals surface area contributed by atoms with E-state index in [-0.39, 0.29) is 24.3 Å². The lowest BCUT2D eigenvalue weighted by molar-refractivity contribution is -0.136. The van der Waals surface area contributed by atoms with Crippen molar-refractivity contribution in [3.8, 4) is 5.75 Å². The molecule has 54 heavy (non-hydrogen) atoms. The fourth-order valence-electron chi connectivity index (χ4n) is 6.96. The summed E-state index contributed by atoms with van der Waals surface area (Å²) >= 11 is 1.49. The molecule has 6 rings (SSSR count). The third-order valence-electron chi connectivity index (χ3n) is 9.83. The van der Waals surface area contributed by atoms with Crippen LogP contribution in [0.4, 0.5) is 0 Å². The van der Waals surface area contributed by atoms with Crippen LogP contribution in [0, 0.1) is 0 Å². The van der Waals surface area contributed by atoms with Crippen molar-refractivity contribution >= 4 is 52.4 Å². The Morgan fingerprint density at radius 1 is 0.815 bits per heavy atom. The topological polar surface area (TPSA) is 113 Å². The molecule has 4 aromatic carbocycles. The van der Waals surface area contributed by atoms with E-state index in [1.54, 1.807) is 24.1 Å². The number of nitrogens with one attached hydrogen (secondary N) is 1. The van der Waals surface area contributed by atoms with Gasteiger partial charge in [-0.1, -0.05) is 92.2 Å². The zero-order valence-corrected chi connectivity index (χ0v) is 31.5. The molecular weight excluding hydrogens is 699 g/mol. The highest BCUT2D eigenvalue weighted by molar-refractivity contribution is 7.99. The Balaban J connectivity index is 0.939. The molecule has 10 heteroatoms. The molecule has 1 unspecified atom stereocenters. The molecule has 5 amide bonds. The minimum atomic E-state index is -0.988. The van der Waals surface area contributed by atoms with Crippen LogP contribution in [-0.4, -0.2) is 71.3 Å². The van der Waals surface area contributed by atoms with Crippen molar-refractivity contribution in [2.24, 2.45) is 0 Å². The fourth-order valence-corrected chi connectivity index (χ4v) is 8.04. The van der Waals surface area contributed by atoms with E-state index in [1.807, 2.05) is 30.3 Å². The van der Waals surface area contributed by atoms with Crippen molar-refractivity contribution in [3.63, 3.8) is 0 Å². The lowest BCUT2D eigenvalue weighted by Crippen LogP contribution is -2.54. The normalized spacial score (nSPS) is 15.8. The number of imide groups is 2. The van der Waals surface area contributed by atoms with Crippen LogP contribution in [-0.2, 0) is 14.4 Å². The molecule has 9 nitrogen and oxygen atoms in total. The van der Waals surface area contributed by atoms with Crippen LogP contribution in [0.5, 0.6) is 5.75 Å². The van der Waals surface area contributed by atoms with E-state index in [0.717, 1.165) is 41.9 Å². The Morgan fingerprint density at radius 2 is 1.50 bits per heavy atom. The van der Waals surface area contributed by atoms with Gasteiger partial charge in [-0.05, 0) is 83.5 Å². The van der Waals surface area contributed by atoms with Crippen LogP contribution in [0.2, 0.25) is 0 Å². The highest BCUT2D eigenvalue weighted by Gasteiger charge is 2.45. The van der Waals surface area contributed by atoms with Gasteiger partial charge >= 0.3 is 0 Å². The van der Waals surface area contributed by atoms with E-state index in [9.17, 15) is 24.0 Å². The number of benzene rings is 4. The zero-order valence-electron chi connectivity index (χ0n) is 30.7. The fraction of sp³-hybridized carbons (Fsp3) is 0.295. The van der Waals surface area contributed by atoms with E-state index in [2.05, 4.69) is 72.9 Å². The van der Waals surface area contributed by atoms with Gasteiger partial charge < -0.3 is 9.64 Å². The Labute approximate surface area is 320 Å². The number of carbonyl (C=O) groups is 5. The molecule has 1 atom stereocenters. The second kappa shape index (κ2) is 18.0. The first-order valence-corrected chi connectivity index (χ1v) is 19.5. The summed E-state index contributed by atoms with van der Waals surface area (Å²) in [5.41, 5.74) is 6.57. The molecule has 0 radical (unpaired) electrons. The number of hydrogen-bond donors (Lipinski definition) is 1. The number of unbranched alkanes of at least 4 members (excludes halogenated alkanes) is 2. The smallest absolute Gasteiger partial charge is 0.263 e. The number of amides is 5. The van der Waals surface area contributed by atoms with Crippen molar-refractivity contribution in [2.45, 2.75) is 62.8 Å². The van der Waals surface area contributed by atoms with E-state index in [0.29, 0.717) is 35.8 Å². The standard InChI is InChI=1S/C44H45N3O6S/c1-3-34(30-14-7-4-8-15-30)40(31-16-9-5-10-17-31)32-21-23-33(24-22-32)53-28-27-46(2)39(49)20-11-6-12-29-54-37-19-13-18-35-41(37)44(52)47(43(35)51)36-25-26-38(48)45-42(36)50/h4-5,7-10,13-19,21-24,36H,3,6,11-12,20,25-29H2,1-2H3,(H,45,48,50). The summed E-state index contributed by atoms with van der Waals surface area (Å²) < 4.78 is 6.04. The van der Waals surface area contributed by atoms with Crippen molar-refractivity contribution in [1.82, 2.24) is 15.1 Å². The minimum Gasteiger partial charge on any atom is -0.492 e. The first-order valence-electron chi connectivity index (χ1n) is 18.6. The second-order valence-corrected chi connectivity index (χ2v) is 14.5. The number of carbonyl (C=O) groups excluding carboxylic acids is 5. The van der Waals surface area contributed by atoms with E-state index < -0.39 is 29.7 Å². The van der Waals surface area contributed by atoms with Crippen molar-refractivity contribution in [3.05, 3.63) is 131 Å². The maximum absolute atomic E-state index is 13.3. The van der Waals surface area contributed by atoms with Crippen molar-refractivity contribution in [2.75, 3.05) is 26.0 Å². The average molecular weight is 744 g/mol. The number of hydrogen-bond acceptors (Lipinski definition) is 7. The number of rotatable bonds is 16. The molecule has 0 bridgehead atoms. The Morgan fingerprint density at radius 3 is 2.19 bits per heavy atom. The Hall–Kier alpha value is -5.48. The van der Waals surface area contributed by atoms with Crippen molar-refractivity contribution < 1.29 is 28.7 Å². The molecule has 1 saturated heterocycles. The molecule has 1 fully saturated rings. The third kappa shape index (κ3) is 8.82. The second-order valence-electron chi connectivity index (χ2n) is 13.4. The molecule has 0 aliphatic carbocycles. The molecule has 1 N–H and O–H groups in total. The largest absolute Gasteiger partial charge is 0.492 e. The van der Waals surface area contributed by atoms with Crippen LogP contribution in [0.25, 0.3) is 11.1 Å². The van der Waals surface area contributed by atoms with Gasteiger partial charge in [-0.2, -0.15) is 0 Å². The lowest BCUT2D eigenvalue weighted by Gasteiger charge is -2.27. The summed E-state index contributed by atoms with van der Waals surface area (Å²) in [6.07, 6.45) is 3.92. The molecule has 278 valence electrons.